The first-order valence-corrected chi connectivity index (χ1v) is 12.7. The minimum atomic E-state index is 0.700. The van der Waals surface area contributed by atoms with Crippen LogP contribution in [0.3, 0.4) is 0 Å². The van der Waals surface area contributed by atoms with Gasteiger partial charge in [0.1, 0.15) is 25.1 Å². The largest absolute Gasteiger partial charge is 0.298 e. The van der Waals surface area contributed by atoms with Gasteiger partial charge in [0.05, 0.1) is 0 Å². The second-order valence-corrected chi connectivity index (χ2v) is 7.95. The second-order valence-electron chi connectivity index (χ2n) is 7.95. The molecule has 42 heavy (non-hydrogen) atoms. The van der Waals surface area contributed by atoms with E-state index < -0.39 is 0 Å². The summed E-state index contributed by atoms with van der Waals surface area (Å²) < 4.78 is 0. The lowest BCUT2D eigenvalue weighted by atomic mass is 10.1. The van der Waals surface area contributed by atoms with E-state index in [0.29, 0.717) is 22.3 Å². The minimum absolute atomic E-state index is 0.700. The van der Waals surface area contributed by atoms with Gasteiger partial charge in [0.15, 0.2) is 0 Å². The molecule has 0 atom stereocenters. The van der Waals surface area contributed by atoms with Crippen molar-refractivity contribution in [1.82, 2.24) is 0 Å². The first-order chi connectivity index (χ1) is 20.5. The number of hydrogen-bond donors (Lipinski definition) is 0. The van der Waals surface area contributed by atoms with Gasteiger partial charge in [0.25, 0.3) is 0 Å². The normalized spacial score (nSPS) is 8.48. The van der Waals surface area contributed by atoms with E-state index in [1.54, 1.807) is 72.8 Å². The number of rotatable bonds is 8. The molecule has 0 N–H and O–H groups in total. The average molecular weight is 557 g/mol. The maximum Gasteiger partial charge on any atom is 0.150 e. The van der Waals surface area contributed by atoms with Crippen molar-refractivity contribution in [2.75, 3.05) is 0 Å². The van der Waals surface area contributed by atoms with E-state index in [-0.39, 0.29) is 0 Å². The summed E-state index contributed by atoms with van der Waals surface area (Å²) in [5.74, 6) is 0. The molecule has 0 aliphatic heterocycles. The van der Waals surface area contributed by atoms with Crippen LogP contribution in [0.15, 0.2) is 137 Å². The number of benzene rings is 4. The van der Waals surface area contributed by atoms with Gasteiger partial charge in [-0.3, -0.25) is 19.2 Å². The van der Waals surface area contributed by atoms with Gasteiger partial charge in [-0.15, -0.1) is 13.2 Å². The highest BCUT2D eigenvalue weighted by atomic mass is 16.1. The molecule has 0 fully saturated rings. The van der Waals surface area contributed by atoms with Crippen LogP contribution in [0.5, 0.6) is 0 Å². The fourth-order valence-corrected chi connectivity index (χ4v) is 2.84. The molecule has 212 valence electrons. The third-order valence-electron chi connectivity index (χ3n) is 5.23. The van der Waals surface area contributed by atoms with Crippen molar-refractivity contribution < 1.29 is 19.2 Å². The van der Waals surface area contributed by atoms with E-state index in [0.717, 1.165) is 47.4 Å². The Labute approximate surface area is 249 Å². The molecule has 4 heteroatoms. The molecule has 0 heterocycles. The highest BCUT2D eigenvalue weighted by Gasteiger charge is 1.89. The zero-order chi connectivity index (χ0) is 31.6. The predicted molar refractivity (Wildman–Crippen MR) is 179 cm³/mol. The molecular formula is C38H36O4. The smallest absolute Gasteiger partial charge is 0.150 e. The summed E-state index contributed by atoms with van der Waals surface area (Å²) in [6.45, 7) is 20.4. The van der Waals surface area contributed by atoms with Crippen LogP contribution in [0.1, 0.15) is 63.7 Å². The van der Waals surface area contributed by atoms with Crippen molar-refractivity contribution in [3.05, 3.63) is 181 Å². The third kappa shape index (κ3) is 15.0. The molecule has 4 rings (SSSR count). The summed E-state index contributed by atoms with van der Waals surface area (Å²) in [5.41, 5.74) is 6.93. The van der Waals surface area contributed by atoms with E-state index in [1.165, 1.54) is 0 Å². The monoisotopic (exact) mass is 556 g/mol. The zero-order valence-corrected chi connectivity index (χ0v) is 23.7. The van der Waals surface area contributed by atoms with Gasteiger partial charge < -0.3 is 0 Å². The summed E-state index contributed by atoms with van der Waals surface area (Å²) in [5, 5.41) is 0. The Kier molecular flexibility index (Phi) is 20.0. The molecule has 4 aromatic carbocycles. The fraction of sp³-hybridized carbons (Fsp3) is 0. The predicted octanol–water partition coefficient (Wildman–Crippen LogP) is 9.37. The molecule has 0 unspecified atom stereocenters. The molecule has 4 aromatic rings. The van der Waals surface area contributed by atoms with Crippen LogP contribution in [-0.4, -0.2) is 25.1 Å². The van der Waals surface area contributed by atoms with E-state index in [1.807, 2.05) is 48.5 Å². The second kappa shape index (κ2) is 23.2. The van der Waals surface area contributed by atoms with Gasteiger partial charge in [-0.2, -0.15) is 0 Å². The van der Waals surface area contributed by atoms with Gasteiger partial charge >= 0.3 is 0 Å². The van der Waals surface area contributed by atoms with Crippen molar-refractivity contribution >= 4 is 49.4 Å². The minimum Gasteiger partial charge on any atom is -0.298 e. The molecule has 0 saturated carbocycles. The van der Waals surface area contributed by atoms with Gasteiger partial charge in [0.2, 0.25) is 0 Å². The van der Waals surface area contributed by atoms with Gasteiger partial charge in [-0.25, -0.2) is 0 Å². The fourth-order valence-electron chi connectivity index (χ4n) is 2.84. The number of hydrogen-bond acceptors (Lipinski definition) is 4. The Balaban J connectivity index is 0.000000523. The van der Waals surface area contributed by atoms with Crippen LogP contribution < -0.4 is 0 Å². The third-order valence-corrected chi connectivity index (χ3v) is 5.23. The summed E-state index contributed by atoms with van der Waals surface area (Å²) in [7, 11) is 0. The number of carbonyl (C=O) groups is 4. The van der Waals surface area contributed by atoms with Crippen molar-refractivity contribution in [1.29, 1.82) is 0 Å². The molecule has 0 amide bonds. The van der Waals surface area contributed by atoms with Crippen molar-refractivity contribution in [3.8, 4) is 0 Å². The van der Waals surface area contributed by atoms with E-state index in [2.05, 4.69) is 39.5 Å². The average Bonchev–Trinajstić information content (AvgIpc) is 3.10. The van der Waals surface area contributed by atoms with E-state index in [4.69, 9.17) is 0 Å². The van der Waals surface area contributed by atoms with Gasteiger partial charge in [-0.05, 0) is 22.3 Å². The zero-order valence-electron chi connectivity index (χ0n) is 23.7. The molecule has 0 aliphatic rings. The first kappa shape index (κ1) is 36.3. The first-order valence-electron chi connectivity index (χ1n) is 12.7. The quantitative estimate of drug-likeness (QED) is 0.160. The maximum atomic E-state index is 10.2. The van der Waals surface area contributed by atoms with Crippen molar-refractivity contribution in [3.63, 3.8) is 0 Å². The number of carbonyl (C=O) groups excluding carboxylic acids is 4. The molecule has 0 aromatic heterocycles. The van der Waals surface area contributed by atoms with E-state index in [9.17, 15) is 19.2 Å². The SMILES string of the molecule is C=C.C=Cc1ccc(C=O)cc1.C=Cc1ccc(C=O)cc1.C=Cc1ccc(C=O)cc1.C=Cc1ccc(C=O)cc1. The van der Waals surface area contributed by atoms with Gasteiger partial charge in [0, 0.05) is 22.3 Å². The Morgan fingerprint density at radius 2 is 0.405 bits per heavy atom. The molecule has 0 bridgehead atoms. The summed E-state index contributed by atoms with van der Waals surface area (Å²) in [6, 6.07) is 29.0. The van der Waals surface area contributed by atoms with Crippen LogP contribution in [0.4, 0.5) is 0 Å². The highest BCUT2D eigenvalue weighted by Crippen LogP contribution is 2.04. The molecule has 0 radical (unpaired) electrons. The molecule has 4 nitrogen and oxygen atoms in total. The van der Waals surface area contributed by atoms with Crippen molar-refractivity contribution in [2.24, 2.45) is 0 Å². The lowest BCUT2D eigenvalue weighted by molar-refractivity contribution is 0.111. The Bertz CT molecular complexity index is 1060. The molecule has 0 saturated heterocycles. The summed E-state index contributed by atoms with van der Waals surface area (Å²) in [4.78, 5) is 40.7. The molecule has 0 aliphatic carbocycles. The lowest BCUT2D eigenvalue weighted by Crippen LogP contribution is -1.77. The summed E-state index contributed by atoms with van der Waals surface area (Å²) in [6.07, 6.45) is 10.3. The maximum absolute atomic E-state index is 10.2. The Morgan fingerprint density at radius 1 is 0.286 bits per heavy atom. The van der Waals surface area contributed by atoms with Crippen LogP contribution in [0.2, 0.25) is 0 Å². The van der Waals surface area contributed by atoms with Crippen LogP contribution in [0.25, 0.3) is 24.3 Å². The van der Waals surface area contributed by atoms with E-state index >= 15 is 0 Å². The number of aldehydes is 4. The Morgan fingerprint density at radius 3 is 0.500 bits per heavy atom. The lowest BCUT2D eigenvalue weighted by Gasteiger charge is -1.90. The van der Waals surface area contributed by atoms with Crippen LogP contribution >= 0.6 is 0 Å². The van der Waals surface area contributed by atoms with Gasteiger partial charge in [-0.1, -0.05) is 148 Å². The van der Waals surface area contributed by atoms with Crippen LogP contribution in [0, 0.1) is 0 Å². The standard InChI is InChI=1S/4C9H8O.C2H4/c4*1-2-8-3-5-9(7-10)6-4-8;1-2/h4*2-7H,1H2;1-2H2. The molecule has 0 spiro atoms. The Hall–Kier alpha value is -5.74. The molecular weight excluding hydrogens is 520 g/mol. The highest BCUT2D eigenvalue weighted by molar-refractivity contribution is 5.76. The van der Waals surface area contributed by atoms with Crippen molar-refractivity contribution in [2.45, 2.75) is 0 Å². The van der Waals surface area contributed by atoms with Crippen LogP contribution in [-0.2, 0) is 0 Å². The summed E-state index contributed by atoms with van der Waals surface area (Å²) >= 11 is 0. The topological polar surface area (TPSA) is 68.3 Å².